The third-order valence-corrected chi connectivity index (χ3v) is 7.47. The Morgan fingerprint density at radius 3 is 1.59 bits per heavy atom. The second kappa shape index (κ2) is 16.1. The molecule has 0 bridgehead atoms. The van der Waals surface area contributed by atoms with E-state index >= 15 is 0 Å². The van der Waals surface area contributed by atoms with Crippen molar-refractivity contribution in [2.24, 2.45) is 5.92 Å². The Labute approximate surface area is 198 Å². The highest BCUT2D eigenvalue weighted by Crippen LogP contribution is 2.31. The fraction of sp³-hybridized carbons (Fsp3) is 0.613. The summed E-state index contributed by atoms with van der Waals surface area (Å²) < 4.78 is 0. The van der Waals surface area contributed by atoms with Gasteiger partial charge in [-0.05, 0) is 37.2 Å². The van der Waals surface area contributed by atoms with E-state index in [0.29, 0.717) is 18.0 Å². The SMILES string of the molecule is C1=C\C=C/C=C(C2CCCCCC2NC2CCCCCCCCCCC2)\C=C/C=C/C=C1. The Morgan fingerprint density at radius 2 is 0.938 bits per heavy atom. The number of rotatable bonds is 3. The summed E-state index contributed by atoms with van der Waals surface area (Å²) >= 11 is 0. The molecule has 0 amide bonds. The minimum atomic E-state index is 0.618. The smallest absolute Gasteiger partial charge is 0.0138 e. The van der Waals surface area contributed by atoms with Crippen molar-refractivity contribution >= 4 is 0 Å². The van der Waals surface area contributed by atoms with Gasteiger partial charge in [-0.3, -0.25) is 0 Å². The van der Waals surface area contributed by atoms with Crippen molar-refractivity contribution in [3.63, 3.8) is 0 Å². The minimum absolute atomic E-state index is 0.618. The van der Waals surface area contributed by atoms with Gasteiger partial charge >= 0.3 is 0 Å². The van der Waals surface area contributed by atoms with Crippen LogP contribution in [0, 0.1) is 5.92 Å². The van der Waals surface area contributed by atoms with Gasteiger partial charge < -0.3 is 5.32 Å². The molecule has 0 radical (unpaired) electrons. The molecule has 3 aliphatic carbocycles. The van der Waals surface area contributed by atoms with Crippen molar-refractivity contribution in [2.45, 2.75) is 115 Å². The van der Waals surface area contributed by atoms with Crippen LogP contribution in [-0.4, -0.2) is 12.1 Å². The molecule has 2 atom stereocenters. The molecule has 0 aromatic carbocycles. The van der Waals surface area contributed by atoms with Crippen molar-refractivity contribution in [3.8, 4) is 0 Å². The van der Waals surface area contributed by atoms with E-state index in [-0.39, 0.29) is 0 Å². The highest BCUT2D eigenvalue weighted by atomic mass is 15.0. The van der Waals surface area contributed by atoms with Crippen LogP contribution in [0.25, 0.3) is 0 Å². The molecule has 1 heteroatoms. The molecule has 3 aliphatic rings. The number of nitrogens with one attached hydrogen (secondary N) is 1. The van der Waals surface area contributed by atoms with Crippen LogP contribution in [0.3, 0.4) is 0 Å². The summed E-state index contributed by atoms with van der Waals surface area (Å²) in [6.07, 6.45) is 46.5. The first-order valence-electron chi connectivity index (χ1n) is 13.7. The summed E-state index contributed by atoms with van der Waals surface area (Å²) in [5.41, 5.74) is 1.50. The van der Waals surface area contributed by atoms with Gasteiger partial charge in [-0.1, -0.05) is 144 Å². The normalized spacial score (nSPS) is 32.1. The van der Waals surface area contributed by atoms with Gasteiger partial charge in [-0.15, -0.1) is 0 Å². The molecule has 176 valence electrons. The van der Waals surface area contributed by atoms with Crippen molar-refractivity contribution in [1.82, 2.24) is 5.32 Å². The maximum absolute atomic E-state index is 4.24. The predicted octanol–water partition coefficient (Wildman–Crippen LogP) is 8.92. The largest absolute Gasteiger partial charge is 0.311 e. The quantitative estimate of drug-likeness (QED) is 0.438. The van der Waals surface area contributed by atoms with Gasteiger partial charge in [0.15, 0.2) is 0 Å². The first kappa shape index (κ1) is 25.0. The average Bonchev–Trinajstić information content (AvgIpc) is 3.01. The van der Waals surface area contributed by atoms with Gasteiger partial charge in [-0.25, -0.2) is 0 Å². The van der Waals surface area contributed by atoms with Crippen molar-refractivity contribution in [2.75, 3.05) is 0 Å². The van der Waals surface area contributed by atoms with Gasteiger partial charge in [0, 0.05) is 12.1 Å². The van der Waals surface area contributed by atoms with Crippen LogP contribution >= 0.6 is 0 Å². The second-order valence-corrected chi connectivity index (χ2v) is 10.0. The van der Waals surface area contributed by atoms with Crippen molar-refractivity contribution in [3.05, 3.63) is 72.4 Å². The summed E-state index contributed by atoms with van der Waals surface area (Å²) in [5.74, 6) is 0.621. The first-order chi connectivity index (χ1) is 15.9. The van der Waals surface area contributed by atoms with Crippen LogP contribution in [0.5, 0.6) is 0 Å². The Balaban J connectivity index is 1.71. The molecule has 0 aromatic rings. The molecule has 0 aliphatic heterocycles. The zero-order valence-corrected chi connectivity index (χ0v) is 20.4. The lowest BCUT2D eigenvalue weighted by Gasteiger charge is -2.32. The molecule has 2 unspecified atom stereocenters. The fourth-order valence-electron chi connectivity index (χ4n) is 5.62. The standard InChI is InChI=1S/C31H47N/c1-3-7-11-16-22-28(23-17-12-8-4-1)30-26-20-15-21-27-31(30)32-29-24-18-13-9-5-2-6-10-14-19-25-29/h1,3-4,7-8,11-12,16-17,22-23,29-32H,2,5-6,9-10,13-15,18-21,24-27H2/b3-1?,4-1?,7-3?,8-4?,11-7+,12-8?,16-11?,17-12-,22-16-,23-17?,28-22?,28-23+. The Morgan fingerprint density at radius 1 is 0.469 bits per heavy atom. The van der Waals surface area contributed by atoms with Crippen LogP contribution in [0.1, 0.15) is 103 Å². The lowest BCUT2D eigenvalue weighted by atomic mass is 9.85. The maximum atomic E-state index is 4.24. The monoisotopic (exact) mass is 433 g/mol. The van der Waals surface area contributed by atoms with Crippen LogP contribution < -0.4 is 5.32 Å². The van der Waals surface area contributed by atoms with Crippen LogP contribution in [0.2, 0.25) is 0 Å². The van der Waals surface area contributed by atoms with Gasteiger partial charge in [0.05, 0.1) is 0 Å². The summed E-state index contributed by atoms with van der Waals surface area (Å²) in [6, 6.07) is 1.33. The number of hydrogen-bond acceptors (Lipinski definition) is 1. The third-order valence-electron chi connectivity index (χ3n) is 7.47. The lowest BCUT2D eigenvalue weighted by Crippen LogP contribution is -2.43. The number of hydrogen-bond donors (Lipinski definition) is 1. The molecular formula is C31H47N. The Hall–Kier alpha value is -1.60. The van der Waals surface area contributed by atoms with Crippen LogP contribution in [0.15, 0.2) is 72.4 Å². The van der Waals surface area contributed by atoms with Gasteiger partial charge in [-0.2, -0.15) is 0 Å². The zero-order chi connectivity index (χ0) is 22.1. The van der Waals surface area contributed by atoms with E-state index in [1.165, 1.54) is 108 Å². The van der Waals surface area contributed by atoms with E-state index < -0.39 is 0 Å². The summed E-state index contributed by atoms with van der Waals surface area (Å²) in [6.45, 7) is 0. The molecule has 32 heavy (non-hydrogen) atoms. The van der Waals surface area contributed by atoms with E-state index in [1.54, 1.807) is 0 Å². The molecule has 1 N–H and O–H groups in total. The van der Waals surface area contributed by atoms with Crippen molar-refractivity contribution in [1.29, 1.82) is 0 Å². The molecule has 0 aromatic heterocycles. The second-order valence-electron chi connectivity index (χ2n) is 10.0. The predicted molar refractivity (Wildman–Crippen MR) is 142 cm³/mol. The maximum Gasteiger partial charge on any atom is 0.0138 e. The third kappa shape index (κ3) is 9.90. The van der Waals surface area contributed by atoms with Gasteiger partial charge in [0.25, 0.3) is 0 Å². The zero-order valence-electron chi connectivity index (χ0n) is 20.4. The molecule has 2 fully saturated rings. The van der Waals surface area contributed by atoms with E-state index in [9.17, 15) is 0 Å². The highest BCUT2D eigenvalue weighted by molar-refractivity contribution is 5.32. The highest BCUT2D eigenvalue weighted by Gasteiger charge is 2.27. The molecule has 0 saturated heterocycles. The lowest BCUT2D eigenvalue weighted by molar-refractivity contribution is 0.304. The van der Waals surface area contributed by atoms with E-state index in [0.717, 1.165) is 0 Å². The Kier molecular flexibility index (Phi) is 12.6. The average molecular weight is 434 g/mol. The summed E-state index contributed by atoms with van der Waals surface area (Å²) in [4.78, 5) is 0. The first-order valence-corrected chi connectivity index (χ1v) is 13.7. The molecule has 1 nitrogen and oxygen atoms in total. The van der Waals surface area contributed by atoms with Gasteiger partial charge in [0.2, 0.25) is 0 Å². The molecule has 0 spiro atoms. The van der Waals surface area contributed by atoms with Crippen LogP contribution in [-0.2, 0) is 0 Å². The van der Waals surface area contributed by atoms with E-state index in [4.69, 9.17) is 0 Å². The molecule has 2 saturated carbocycles. The topological polar surface area (TPSA) is 12.0 Å². The minimum Gasteiger partial charge on any atom is -0.311 e. The molecule has 0 heterocycles. The number of allylic oxidation sites excluding steroid dienone is 11. The van der Waals surface area contributed by atoms with Gasteiger partial charge in [0.1, 0.15) is 0 Å². The fourth-order valence-corrected chi connectivity index (χ4v) is 5.62. The summed E-state index contributed by atoms with van der Waals surface area (Å²) in [5, 5.41) is 4.24. The Bertz CT molecular complexity index is 663. The molecule has 3 rings (SSSR count). The summed E-state index contributed by atoms with van der Waals surface area (Å²) in [7, 11) is 0. The van der Waals surface area contributed by atoms with Crippen LogP contribution in [0.4, 0.5) is 0 Å². The van der Waals surface area contributed by atoms with Crippen molar-refractivity contribution < 1.29 is 0 Å². The molecular weight excluding hydrogens is 386 g/mol. The van der Waals surface area contributed by atoms with E-state index in [1.807, 2.05) is 0 Å². The van der Waals surface area contributed by atoms with E-state index in [2.05, 4.69) is 72.2 Å².